The first-order valence-corrected chi connectivity index (χ1v) is 8.59. The van der Waals surface area contributed by atoms with Crippen LogP contribution in [-0.2, 0) is 10.2 Å². The molecule has 28 heavy (non-hydrogen) atoms. The molecule has 8 heteroatoms. The third-order valence-corrected chi connectivity index (χ3v) is 4.94. The van der Waals surface area contributed by atoms with E-state index < -0.39 is 40.9 Å². The summed E-state index contributed by atoms with van der Waals surface area (Å²) in [6.45, 7) is 3.35. The van der Waals surface area contributed by atoms with Gasteiger partial charge in [-0.15, -0.1) is 12.4 Å². The average molecular weight is 415 g/mol. The fourth-order valence-corrected chi connectivity index (χ4v) is 3.66. The highest BCUT2D eigenvalue weighted by Gasteiger charge is 2.49. The topological polar surface area (TPSA) is 52.6 Å². The summed E-state index contributed by atoms with van der Waals surface area (Å²) < 4.78 is 42.4. The van der Waals surface area contributed by atoms with Crippen molar-refractivity contribution in [3.05, 3.63) is 65.0 Å². The molecule has 1 amide bonds. The number of carbonyl (C=O) groups is 1. The number of rotatable bonds is 5. The maximum Gasteiger partial charge on any atom is 0.237 e. The van der Waals surface area contributed by atoms with Crippen LogP contribution in [-0.4, -0.2) is 30.7 Å². The second kappa shape index (κ2) is 8.11. The van der Waals surface area contributed by atoms with Crippen LogP contribution in [0.1, 0.15) is 31.0 Å². The van der Waals surface area contributed by atoms with Crippen LogP contribution in [0.15, 0.2) is 36.4 Å². The van der Waals surface area contributed by atoms with Crippen molar-refractivity contribution < 1.29 is 23.1 Å². The first-order valence-electron chi connectivity index (χ1n) is 8.59. The number of nitrogens with one attached hydrogen (secondary N) is 1. The van der Waals surface area contributed by atoms with Gasteiger partial charge in [0.05, 0.1) is 23.2 Å². The number of likely N-dealkylation sites (N-methyl/N-ethyl adjacent to an activating group) is 1. The summed E-state index contributed by atoms with van der Waals surface area (Å²) in [5.41, 5.74) is -0.500. The number of aliphatic hydroxyl groups is 1. The van der Waals surface area contributed by atoms with Gasteiger partial charge in [0.25, 0.3) is 0 Å². The van der Waals surface area contributed by atoms with E-state index in [0.717, 1.165) is 17.0 Å². The summed E-state index contributed by atoms with van der Waals surface area (Å²) in [6.07, 6.45) is -1.22. The van der Waals surface area contributed by atoms with Crippen molar-refractivity contribution in [2.24, 2.45) is 0 Å². The number of nitrogens with zero attached hydrogens (tertiary/aromatic N) is 1. The van der Waals surface area contributed by atoms with Gasteiger partial charge < -0.3 is 10.4 Å². The molecule has 0 radical (unpaired) electrons. The van der Waals surface area contributed by atoms with Crippen LogP contribution in [0.5, 0.6) is 0 Å². The van der Waals surface area contributed by atoms with Crippen molar-refractivity contribution in [1.29, 1.82) is 0 Å². The number of benzene rings is 2. The van der Waals surface area contributed by atoms with Gasteiger partial charge in [0.15, 0.2) is 0 Å². The highest BCUT2D eigenvalue weighted by atomic mass is 35.5. The number of aliphatic hydroxyl groups excluding tert-OH is 1. The first kappa shape index (κ1) is 22.2. The van der Waals surface area contributed by atoms with Gasteiger partial charge in [0.2, 0.25) is 5.91 Å². The Morgan fingerprint density at radius 2 is 1.75 bits per heavy atom. The van der Waals surface area contributed by atoms with E-state index in [0.29, 0.717) is 11.6 Å². The first-order chi connectivity index (χ1) is 12.7. The molecule has 0 aromatic heterocycles. The van der Waals surface area contributed by atoms with Crippen molar-refractivity contribution in [3.63, 3.8) is 0 Å². The fraction of sp³-hybridized carbons (Fsp3) is 0.350. The molecule has 0 unspecified atom stereocenters. The van der Waals surface area contributed by atoms with Crippen molar-refractivity contribution in [2.75, 3.05) is 18.5 Å². The Morgan fingerprint density at radius 3 is 2.32 bits per heavy atom. The average Bonchev–Trinajstić information content (AvgIpc) is 2.77. The number of para-hydroxylation sites is 1. The van der Waals surface area contributed by atoms with Crippen LogP contribution >= 0.6 is 12.4 Å². The molecule has 2 atom stereocenters. The molecule has 4 nitrogen and oxygen atoms in total. The number of fused-ring (bicyclic) bond motifs is 1. The maximum absolute atomic E-state index is 14.7. The Morgan fingerprint density at radius 1 is 1.14 bits per heavy atom. The minimum absolute atomic E-state index is 0. The number of carbonyl (C=O) groups excluding carboxylic acids is 1. The highest BCUT2D eigenvalue weighted by molar-refractivity contribution is 6.08. The molecule has 2 N–H and O–H groups in total. The minimum atomic E-state index is -1.22. The van der Waals surface area contributed by atoms with Gasteiger partial charge >= 0.3 is 0 Å². The largest absolute Gasteiger partial charge is 0.389 e. The van der Waals surface area contributed by atoms with E-state index in [2.05, 4.69) is 5.32 Å². The van der Waals surface area contributed by atoms with Crippen molar-refractivity contribution >= 4 is 24.0 Å². The monoisotopic (exact) mass is 414 g/mol. The molecule has 0 saturated heterocycles. The highest BCUT2D eigenvalue weighted by Crippen LogP contribution is 2.47. The van der Waals surface area contributed by atoms with E-state index in [-0.39, 0.29) is 30.2 Å². The fourth-order valence-electron chi connectivity index (χ4n) is 3.66. The Hall–Kier alpha value is -2.09. The molecule has 3 rings (SSSR count). The van der Waals surface area contributed by atoms with Gasteiger partial charge in [-0.05, 0) is 50.2 Å². The Balaban J connectivity index is 0.00000280. The molecule has 2 aromatic rings. The van der Waals surface area contributed by atoms with Crippen LogP contribution in [0.4, 0.5) is 18.9 Å². The summed E-state index contributed by atoms with van der Waals surface area (Å²) in [5.74, 6) is -2.77. The van der Waals surface area contributed by atoms with Crippen LogP contribution in [0.2, 0.25) is 0 Å². The van der Waals surface area contributed by atoms with Crippen LogP contribution in [0.3, 0.4) is 0 Å². The normalized spacial score (nSPS) is 17.1. The minimum Gasteiger partial charge on any atom is -0.389 e. The Bertz CT molecular complexity index is 871. The number of hydrogen-bond acceptors (Lipinski definition) is 3. The third-order valence-electron chi connectivity index (χ3n) is 4.94. The molecular formula is C20H22ClF3N2O2. The predicted molar refractivity (Wildman–Crippen MR) is 103 cm³/mol. The van der Waals surface area contributed by atoms with E-state index in [4.69, 9.17) is 0 Å². The van der Waals surface area contributed by atoms with Gasteiger partial charge in [-0.2, -0.15) is 0 Å². The Labute approximate surface area is 167 Å². The second-order valence-electron chi connectivity index (χ2n) is 7.21. The molecule has 0 bridgehead atoms. The lowest BCUT2D eigenvalue weighted by molar-refractivity contribution is -0.123. The molecule has 1 aliphatic heterocycles. The molecule has 152 valence electrons. The van der Waals surface area contributed by atoms with E-state index >= 15 is 0 Å². The van der Waals surface area contributed by atoms with Crippen molar-refractivity contribution in [3.8, 4) is 0 Å². The summed E-state index contributed by atoms with van der Waals surface area (Å²) in [6, 6.07) is 6.01. The zero-order valence-corrected chi connectivity index (χ0v) is 16.5. The number of amides is 1. The van der Waals surface area contributed by atoms with Crippen LogP contribution in [0, 0.1) is 17.5 Å². The van der Waals surface area contributed by atoms with Crippen molar-refractivity contribution in [2.45, 2.75) is 31.4 Å². The molecule has 0 aliphatic carbocycles. The lowest BCUT2D eigenvalue weighted by atomic mass is 9.86. The lowest BCUT2D eigenvalue weighted by Gasteiger charge is -2.34. The predicted octanol–water partition coefficient (Wildman–Crippen LogP) is 3.47. The van der Waals surface area contributed by atoms with E-state index in [1.165, 1.54) is 12.1 Å². The van der Waals surface area contributed by atoms with E-state index in [1.54, 1.807) is 27.0 Å². The second-order valence-corrected chi connectivity index (χ2v) is 7.21. The molecule has 0 spiro atoms. The van der Waals surface area contributed by atoms with Gasteiger partial charge in [-0.25, -0.2) is 13.2 Å². The summed E-state index contributed by atoms with van der Waals surface area (Å²) in [7, 11) is 1.59. The molecule has 0 saturated carbocycles. The lowest BCUT2D eigenvalue weighted by Crippen LogP contribution is -2.46. The van der Waals surface area contributed by atoms with Crippen molar-refractivity contribution in [1.82, 2.24) is 5.32 Å². The molecule has 0 fully saturated rings. The van der Waals surface area contributed by atoms with Crippen LogP contribution in [0.25, 0.3) is 0 Å². The Kier molecular flexibility index (Phi) is 6.43. The van der Waals surface area contributed by atoms with Crippen LogP contribution < -0.4 is 10.2 Å². The summed E-state index contributed by atoms with van der Waals surface area (Å²) in [4.78, 5) is 14.3. The molecular weight excluding hydrogens is 393 g/mol. The molecule has 1 heterocycles. The zero-order valence-electron chi connectivity index (χ0n) is 15.7. The summed E-state index contributed by atoms with van der Waals surface area (Å²) >= 11 is 0. The smallest absolute Gasteiger partial charge is 0.237 e. The molecule has 2 aromatic carbocycles. The van der Waals surface area contributed by atoms with E-state index in [1.807, 2.05) is 0 Å². The number of hydrogen-bond donors (Lipinski definition) is 2. The number of halogens is 4. The molecule has 1 aliphatic rings. The van der Waals surface area contributed by atoms with E-state index in [9.17, 15) is 23.1 Å². The third kappa shape index (κ3) is 3.62. The van der Waals surface area contributed by atoms with Gasteiger partial charge in [0.1, 0.15) is 17.5 Å². The standard InChI is InChI=1S/C20H21F3N2O2.ClH/c1-20(2)14-5-4-6-15(23)18(14)25(19(20)27)17(16(26)10-24-3)11-7-12(21)9-13(22)8-11;/h4-9,16-17,24,26H,10H2,1-3H3;1H/t16-,17+;/m1./s1. The number of anilines is 1. The van der Waals surface area contributed by atoms with Gasteiger partial charge in [-0.3, -0.25) is 9.69 Å². The maximum atomic E-state index is 14.7. The summed E-state index contributed by atoms with van der Waals surface area (Å²) in [5, 5.41) is 13.5. The quantitative estimate of drug-likeness (QED) is 0.787. The van der Waals surface area contributed by atoms with Gasteiger partial charge in [-0.1, -0.05) is 12.1 Å². The zero-order chi connectivity index (χ0) is 19.9. The van der Waals surface area contributed by atoms with Gasteiger partial charge in [0, 0.05) is 12.6 Å². The SMILES string of the molecule is CNC[C@@H](O)[C@H](c1cc(F)cc(F)c1)N1C(=O)C(C)(C)c2cccc(F)c21.Cl.